The number of ether oxygens (including phenoxy) is 2. The molecule has 0 aromatic heterocycles. The normalized spacial score (nSPS) is 31.8. The Hall–Kier alpha value is -0.650. The van der Waals surface area contributed by atoms with Crippen LogP contribution in [0.15, 0.2) is 0 Å². The standard InChI is InChI=1S/C12H21NO4/c1-16-9-4-6-13(7-5-9)8-10-2-3-11(17-10)12(14)15/h9-11H,2-8H2,1H3,(H,14,15). The Morgan fingerprint density at radius 2 is 2.06 bits per heavy atom. The van der Waals surface area contributed by atoms with Crippen LogP contribution in [0.4, 0.5) is 0 Å². The van der Waals surface area contributed by atoms with Crippen LogP contribution in [0.1, 0.15) is 25.7 Å². The summed E-state index contributed by atoms with van der Waals surface area (Å²) >= 11 is 0. The van der Waals surface area contributed by atoms with Crippen molar-refractivity contribution in [3.05, 3.63) is 0 Å². The lowest BCUT2D eigenvalue weighted by molar-refractivity contribution is -0.149. The van der Waals surface area contributed by atoms with Gasteiger partial charge in [0.05, 0.1) is 12.2 Å². The van der Waals surface area contributed by atoms with E-state index in [0.29, 0.717) is 12.5 Å². The molecule has 2 atom stereocenters. The third-order valence-electron chi connectivity index (χ3n) is 3.71. The zero-order valence-electron chi connectivity index (χ0n) is 10.3. The van der Waals surface area contributed by atoms with Crippen LogP contribution >= 0.6 is 0 Å². The molecule has 2 unspecified atom stereocenters. The minimum Gasteiger partial charge on any atom is -0.479 e. The molecule has 1 N–H and O–H groups in total. The minimum atomic E-state index is -0.828. The molecule has 5 nitrogen and oxygen atoms in total. The first-order valence-electron chi connectivity index (χ1n) is 6.32. The van der Waals surface area contributed by atoms with Crippen LogP contribution in [0.2, 0.25) is 0 Å². The summed E-state index contributed by atoms with van der Waals surface area (Å²) in [7, 11) is 1.76. The molecular weight excluding hydrogens is 222 g/mol. The number of hydrogen-bond acceptors (Lipinski definition) is 4. The van der Waals surface area contributed by atoms with Crippen molar-refractivity contribution in [3.8, 4) is 0 Å². The van der Waals surface area contributed by atoms with Crippen molar-refractivity contribution >= 4 is 5.97 Å². The average Bonchev–Trinajstić information content (AvgIpc) is 2.79. The monoisotopic (exact) mass is 243 g/mol. The predicted molar refractivity (Wildman–Crippen MR) is 62.0 cm³/mol. The average molecular weight is 243 g/mol. The van der Waals surface area contributed by atoms with Crippen LogP contribution in [-0.2, 0) is 14.3 Å². The molecule has 0 saturated carbocycles. The zero-order chi connectivity index (χ0) is 12.3. The van der Waals surface area contributed by atoms with Gasteiger partial charge in [-0.2, -0.15) is 0 Å². The number of rotatable bonds is 4. The minimum absolute atomic E-state index is 0.0928. The van der Waals surface area contributed by atoms with Gasteiger partial charge in [-0.15, -0.1) is 0 Å². The third-order valence-corrected chi connectivity index (χ3v) is 3.71. The first-order chi connectivity index (χ1) is 8.19. The summed E-state index contributed by atoms with van der Waals surface area (Å²) in [6.45, 7) is 2.91. The molecule has 0 aliphatic carbocycles. The fraction of sp³-hybridized carbons (Fsp3) is 0.917. The highest BCUT2D eigenvalue weighted by Gasteiger charge is 2.32. The fourth-order valence-electron chi connectivity index (χ4n) is 2.64. The van der Waals surface area contributed by atoms with Crippen molar-refractivity contribution in [1.29, 1.82) is 0 Å². The lowest BCUT2D eigenvalue weighted by Crippen LogP contribution is -2.41. The molecular formula is C12H21NO4. The van der Waals surface area contributed by atoms with Crippen molar-refractivity contribution in [2.75, 3.05) is 26.7 Å². The largest absolute Gasteiger partial charge is 0.479 e. The maximum absolute atomic E-state index is 10.8. The molecule has 98 valence electrons. The molecule has 0 aromatic carbocycles. The van der Waals surface area contributed by atoms with Gasteiger partial charge in [0.2, 0.25) is 0 Å². The number of hydrogen-bond donors (Lipinski definition) is 1. The summed E-state index contributed by atoms with van der Waals surface area (Å²) in [6.07, 6.45) is 3.53. The van der Waals surface area contributed by atoms with E-state index in [0.717, 1.165) is 38.9 Å². The van der Waals surface area contributed by atoms with Gasteiger partial charge >= 0.3 is 5.97 Å². The Labute approximate surface area is 102 Å². The summed E-state index contributed by atoms with van der Waals surface area (Å²) in [5, 5.41) is 8.85. The van der Waals surface area contributed by atoms with E-state index in [9.17, 15) is 4.79 Å². The van der Waals surface area contributed by atoms with E-state index in [1.54, 1.807) is 7.11 Å². The Bertz CT molecular complexity index is 263. The van der Waals surface area contributed by atoms with Gasteiger partial charge in [-0.05, 0) is 25.7 Å². The molecule has 5 heteroatoms. The van der Waals surface area contributed by atoms with Gasteiger partial charge in [-0.1, -0.05) is 0 Å². The lowest BCUT2D eigenvalue weighted by Gasteiger charge is -2.32. The second-order valence-corrected chi connectivity index (χ2v) is 4.90. The molecule has 0 aromatic rings. The molecule has 0 spiro atoms. The van der Waals surface area contributed by atoms with Crippen LogP contribution in [0.25, 0.3) is 0 Å². The molecule has 0 radical (unpaired) electrons. The predicted octanol–water partition coefficient (Wildman–Crippen LogP) is 0.729. The Balaban J connectivity index is 1.70. The van der Waals surface area contributed by atoms with Crippen molar-refractivity contribution in [2.45, 2.75) is 44.0 Å². The third kappa shape index (κ3) is 3.40. The van der Waals surface area contributed by atoms with Gasteiger partial charge in [0.25, 0.3) is 0 Å². The van der Waals surface area contributed by atoms with E-state index < -0.39 is 12.1 Å². The highest BCUT2D eigenvalue weighted by molar-refractivity contribution is 5.72. The van der Waals surface area contributed by atoms with Crippen molar-refractivity contribution < 1.29 is 19.4 Å². The first kappa shape index (κ1) is 12.8. The van der Waals surface area contributed by atoms with Crippen LogP contribution in [0.5, 0.6) is 0 Å². The van der Waals surface area contributed by atoms with E-state index >= 15 is 0 Å². The summed E-state index contributed by atoms with van der Waals surface area (Å²) in [4.78, 5) is 13.1. The van der Waals surface area contributed by atoms with Gasteiger partial charge in [0.15, 0.2) is 6.10 Å². The van der Waals surface area contributed by atoms with Crippen molar-refractivity contribution in [1.82, 2.24) is 4.90 Å². The second-order valence-electron chi connectivity index (χ2n) is 4.90. The Morgan fingerprint density at radius 1 is 1.35 bits per heavy atom. The van der Waals surface area contributed by atoms with Crippen LogP contribution in [0, 0.1) is 0 Å². The van der Waals surface area contributed by atoms with Crippen molar-refractivity contribution in [3.63, 3.8) is 0 Å². The Kier molecular flexibility index (Phi) is 4.36. The number of carboxylic acid groups (broad SMARTS) is 1. The number of nitrogens with zero attached hydrogens (tertiary/aromatic N) is 1. The molecule has 2 rings (SSSR count). The van der Waals surface area contributed by atoms with Gasteiger partial charge in [-0.25, -0.2) is 4.79 Å². The van der Waals surface area contributed by atoms with E-state index in [1.165, 1.54) is 0 Å². The first-order valence-corrected chi connectivity index (χ1v) is 6.32. The SMILES string of the molecule is COC1CCN(CC2CCC(C(=O)O)O2)CC1. The smallest absolute Gasteiger partial charge is 0.332 e. The van der Waals surface area contributed by atoms with Crippen LogP contribution in [0.3, 0.4) is 0 Å². The van der Waals surface area contributed by atoms with E-state index in [-0.39, 0.29) is 6.10 Å². The fourth-order valence-corrected chi connectivity index (χ4v) is 2.64. The summed E-state index contributed by atoms with van der Waals surface area (Å²) in [5.41, 5.74) is 0. The number of piperidine rings is 1. The molecule has 2 saturated heterocycles. The highest BCUT2D eigenvalue weighted by atomic mass is 16.5. The van der Waals surface area contributed by atoms with Gasteiger partial charge in [0, 0.05) is 26.7 Å². The number of methoxy groups -OCH3 is 1. The Morgan fingerprint density at radius 3 is 2.59 bits per heavy atom. The second kappa shape index (κ2) is 5.80. The molecule has 17 heavy (non-hydrogen) atoms. The highest BCUT2D eigenvalue weighted by Crippen LogP contribution is 2.22. The lowest BCUT2D eigenvalue weighted by atomic mass is 10.1. The molecule has 2 heterocycles. The van der Waals surface area contributed by atoms with Crippen LogP contribution in [-0.4, -0.2) is 61.0 Å². The topological polar surface area (TPSA) is 59.0 Å². The van der Waals surface area contributed by atoms with E-state index in [2.05, 4.69) is 4.90 Å². The van der Waals surface area contributed by atoms with Crippen LogP contribution < -0.4 is 0 Å². The molecule has 0 amide bonds. The van der Waals surface area contributed by atoms with Gasteiger partial charge in [0.1, 0.15) is 0 Å². The number of carboxylic acids is 1. The summed E-state index contributed by atoms with van der Waals surface area (Å²) in [6, 6.07) is 0. The molecule has 2 fully saturated rings. The quantitative estimate of drug-likeness (QED) is 0.788. The van der Waals surface area contributed by atoms with Gasteiger partial charge in [-0.3, -0.25) is 0 Å². The zero-order valence-corrected chi connectivity index (χ0v) is 10.3. The maximum atomic E-state index is 10.8. The summed E-state index contributed by atoms with van der Waals surface area (Å²) in [5.74, 6) is -0.828. The maximum Gasteiger partial charge on any atom is 0.332 e. The van der Waals surface area contributed by atoms with Gasteiger partial charge < -0.3 is 19.5 Å². The number of likely N-dealkylation sites (tertiary alicyclic amines) is 1. The molecule has 2 aliphatic rings. The van der Waals surface area contributed by atoms with E-state index in [1.807, 2.05) is 0 Å². The van der Waals surface area contributed by atoms with Crippen molar-refractivity contribution in [2.24, 2.45) is 0 Å². The molecule has 0 bridgehead atoms. The number of aliphatic carboxylic acids is 1. The number of carbonyl (C=O) groups is 1. The summed E-state index contributed by atoms with van der Waals surface area (Å²) < 4.78 is 10.8. The van der Waals surface area contributed by atoms with E-state index in [4.69, 9.17) is 14.6 Å². The molecule has 2 aliphatic heterocycles.